The third-order valence-electron chi connectivity index (χ3n) is 4.91. The predicted octanol–water partition coefficient (Wildman–Crippen LogP) is 3.14. The Balaban J connectivity index is 0.000000438. The molecule has 156 valence electrons. The highest BCUT2D eigenvalue weighted by Gasteiger charge is 2.19. The molecule has 0 saturated carbocycles. The van der Waals surface area contributed by atoms with Crippen LogP contribution in [0.1, 0.15) is 16.7 Å². The first-order chi connectivity index (χ1) is 13.7. The number of hydrogen-bond acceptors (Lipinski definition) is 5. The Morgan fingerprint density at radius 3 is 2.21 bits per heavy atom. The molecule has 1 heterocycles. The molecule has 29 heavy (non-hydrogen) atoms. The van der Waals surface area contributed by atoms with Gasteiger partial charge in [0.1, 0.15) is 5.75 Å². The Labute approximate surface area is 174 Å². The van der Waals surface area contributed by atoms with E-state index >= 15 is 0 Å². The number of piperazine rings is 1. The molecule has 0 bridgehead atoms. The Bertz CT molecular complexity index is 867. The lowest BCUT2D eigenvalue weighted by molar-refractivity contribution is -0.159. The highest BCUT2D eigenvalue weighted by molar-refractivity contribution is 6.30. The van der Waals surface area contributed by atoms with E-state index in [9.17, 15) is 5.11 Å². The summed E-state index contributed by atoms with van der Waals surface area (Å²) in [5.41, 5.74) is 4.95. The van der Waals surface area contributed by atoms with Gasteiger partial charge in [0.15, 0.2) is 0 Å². The van der Waals surface area contributed by atoms with E-state index in [0.717, 1.165) is 38.3 Å². The average Bonchev–Trinajstić information content (AvgIpc) is 2.68. The van der Waals surface area contributed by atoms with Crippen LogP contribution in [0, 0.1) is 13.8 Å². The number of aliphatic carboxylic acids is 2. The van der Waals surface area contributed by atoms with Crippen molar-refractivity contribution in [3.05, 3.63) is 58.1 Å². The fourth-order valence-corrected chi connectivity index (χ4v) is 3.34. The number of carboxylic acids is 2. The summed E-state index contributed by atoms with van der Waals surface area (Å²) in [6, 6.07) is 11.8. The van der Waals surface area contributed by atoms with Gasteiger partial charge in [-0.05, 0) is 49.2 Å². The number of aromatic hydroxyl groups is 1. The topological polar surface area (TPSA) is 101 Å². The molecule has 8 heteroatoms. The predicted molar refractivity (Wildman–Crippen MR) is 112 cm³/mol. The summed E-state index contributed by atoms with van der Waals surface area (Å²) in [6.07, 6.45) is 0. The van der Waals surface area contributed by atoms with Crippen molar-refractivity contribution in [1.82, 2.24) is 4.90 Å². The SMILES string of the molecule is Cc1cccc(N2CCN(Cc3cc(Cl)ccc3O)CC2)c1C.O=C(O)C(=O)O. The molecule has 1 fully saturated rings. The fraction of sp³-hybridized carbons (Fsp3) is 0.333. The number of aryl methyl sites for hydroxylation is 1. The maximum atomic E-state index is 9.97. The normalized spacial score (nSPS) is 14.1. The Morgan fingerprint density at radius 2 is 1.62 bits per heavy atom. The summed E-state index contributed by atoms with van der Waals surface area (Å²) in [7, 11) is 0. The summed E-state index contributed by atoms with van der Waals surface area (Å²) in [6.45, 7) is 9.08. The number of phenols is 1. The number of nitrogens with zero attached hydrogens (tertiary/aromatic N) is 2. The molecule has 0 radical (unpaired) electrons. The van der Waals surface area contributed by atoms with Gasteiger partial charge in [0, 0.05) is 49.0 Å². The van der Waals surface area contributed by atoms with Crippen LogP contribution in [-0.4, -0.2) is 58.3 Å². The zero-order chi connectivity index (χ0) is 21.6. The zero-order valence-electron chi connectivity index (χ0n) is 16.4. The van der Waals surface area contributed by atoms with E-state index in [1.54, 1.807) is 12.1 Å². The van der Waals surface area contributed by atoms with Crippen LogP contribution in [0.5, 0.6) is 5.75 Å². The molecule has 1 aliphatic rings. The van der Waals surface area contributed by atoms with Gasteiger partial charge in [-0.25, -0.2) is 9.59 Å². The van der Waals surface area contributed by atoms with Gasteiger partial charge in [-0.1, -0.05) is 23.7 Å². The van der Waals surface area contributed by atoms with Crippen LogP contribution in [0.3, 0.4) is 0 Å². The molecule has 0 aliphatic carbocycles. The third kappa shape index (κ3) is 6.37. The van der Waals surface area contributed by atoms with Crippen LogP contribution >= 0.6 is 11.6 Å². The van der Waals surface area contributed by atoms with Crippen molar-refractivity contribution in [3.8, 4) is 5.75 Å². The second kappa shape index (κ2) is 10.1. The van der Waals surface area contributed by atoms with Crippen LogP contribution in [0.25, 0.3) is 0 Å². The van der Waals surface area contributed by atoms with Gasteiger partial charge in [-0.15, -0.1) is 0 Å². The molecular weight excluding hydrogens is 396 g/mol. The molecule has 0 amide bonds. The second-order valence-corrected chi connectivity index (χ2v) is 7.30. The van der Waals surface area contributed by atoms with E-state index in [1.165, 1.54) is 16.8 Å². The average molecular weight is 421 g/mol. The van der Waals surface area contributed by atoms with Crippen molar-refractivity contribution in [1.29, 1.82) is 0 Å². The van der Waals surface area contributed by atoms with Crippen LogP contribution in [-0.2, 0) is 16.1 Å². The van der Waals surface area contributed by atoms with Crippen LogP contribution in [0.15, 0.2) is 36.4 Å². The maximum Gasteiger partial charge on any atom is 0.414 e. The summed E-state index contributed by atoms with van der Waals surface area (Å²) >= 11 is 6.03. The molecule has 0 aromatic heterocycles. The van der Waals surface area contributed by atoms with Gasteiger partial charge in [-0.2, -0.15) is 0 Å². The third-order valence-corrected chi connectivity index (χ3v) is 5.14. The van der Waals surface area contributed by atoms with Crippen molar-refractivity contribution < 1.29 is 24.9 Å². The van der Waals surface area contributed by atoms with Gasteiger partial charge in [0.2, 0.25) is 0 Å². The van der Waals surface area contributed by atoms with E-state index in [2.05, 4.69) is 41.8 Å². The lowest BCUT2D eigenvalue weighted by atomic mass is 10.1. The molecule has 0 unspecified atom stereocenters. The Kier molecular flexibility index (Phi) is 7.87. The minimum absolute atomic E-state index is 0.325. The molecular formula is C21H25ClN2O5. The van der Waals surface area contributed by atoms with Crippen LogP contribution < -0.4 is 4.90 Å². The number of hydrogen-bond donors (Lipinski definition) is 3. The number of anilines is 1. The highest BCUT2D eigenvalue weighted by Crippen LogP contribution is 2.26. The number of rotatable bonds is 3. The molecule has 3 rings (SSSR count). The van der Waals surface area contributed by atoms with Crippen molar-refractivity contribution in [2.45, 2.75) is 20.4 Å². The first-order valence-corrected chi connectivity index (χ1v) is 9.54. The summed E-state index contributed by atoms with van der Waals surface area (Å²) < 4.78 is 0. The Morgan fingerprint density at radius 1 is 1.00 bits per heavy atom. The van der Waals surface area contributed by atoms with Gasteiger partial charge in [0.25, 0.3) is 0 Å². The quantitative estimate of drug-likeness (QED) is 0.655. The summed E-state index contributed by atoms with van der Waals surface area (Å²) in [4.78, 5) is 23.0. The number of phenolic OH excluding ortho intramolecular Hbond substituents is 1. The fourth-order valence-electron chi connectivity index (χ4n) is 3.15. The minimum Gasteiger partial charge on any atom is -0.508 e. The van der Waals surface area contributed by atoms with Crippen molar-refractivity contribution in [2.24, 2.45) is 0 Å². The maximum absolute atomic E-state index is 9.97. The molecule has 2 aromatic rings. The Hall–Kier alpha value is -2.77. The zero-order valence-corrected chi connectivity index (χ0v) is 17.2. The molecule has 7 nitrogen and oxygen atoms in total. The monoisotopic (exact) mass is 420 g/mol. The van der Waals surface area contributed by atoms with Crippen LogP contribution in [0.4, 0.5) is 5.69 Å². The van der Waals surface area contributed by atoms with E-state index in [-0.39, 0.29) is 0 Å². The number of benzene rings is 2. The van der Waals surface area contributed by atoms with E-state index in [0.29, 0.717) is 10.8 Å². The second-order valence-electron chi connectivity index (χ2n) is 6.87. The van der Waals surface area contributed by atoms with Crippen LogP contribution in [0.2, 0.25) is 5.02 Å². The number of halogens is 1. The minimum atomic E-state index is -1.82. The number of carboxylic acid groups (broad SMARTS) is 2. The molecule has 0 spiro atoms. The van der Waals surface area contributed by atoms with E-state index in [4.69, 9.17) is 31.4 Å². The summed E-state index contributed by atoms with van der Waals surface area (Å²) in [5.74, 6) is -3.32. The molecule has 2 aromatic carbocycles. The van der Waals surface area contributed by atoms with E-state index < -0.39 is 11.9 Å². The van der Waals surface area contributed by atoms with Crippen molar-refractivity contribution in [3.63, 3.8) is 0 Å². The smallest absolute Gasteiger partial charge is 0.414 e. The molecule has 1 aliphatic heterocycles. The van der Waals surface area contributed by atoms with Crippen molar-refractivity contribution in [2.75, 3.05) is 31.1 Å². The standard InChI is InChI=1S/C19H23ClN2O.C2H2O4/c1-14-4-3-5-18(15(14)2)22-10-8-21(9-11-22)13-16-12-17(20)6-7-19(16)23;3-1(4)2(5)6/h3-7,12,23H,8-11,13H2,1-2H3;(H,3,4)(H,5,6). The van der Waals surface area contributed by atoms with Gasteiger partial charge in [-0.3, -0.25) is 4.90 Å². The van der Waals surface area contributed by atoms with Gasteiger partial charge >= 0.3 is 11.9 Å². The number of carbonyl (C=O) groups is 2. The summed E-state index contributed by atoms with van der Waals surface area (Å²) in [5, 5.41) is 25.4. The van der Waals surface area contributed by atoms with Gasteiger partial charge < -0.3 is 20.2 Å². The van der Waals surface area contributed by atoms with E-state index in [1.807, 2.05) is 6.07 Å². The largest absolute Gasteiger partial charge is 0.508 e. The molecule has 0 atom stereocenters. The highest BCUT2D eigenvalue weighted by atomic mass is 35.5. The molecule has 1 saturated heterocycles. The van der Waals surface area contributed by atoms with Crippen molar-refractivity contribution >= 4 is 29.2 Å². The first kappa shape index (κ1) is 22.5. The lowest BCUT2D eigenvalue weighted by Crippen LogP contribution is -2.46. The first-order valence-electron chi connectivity index (χ1n) is 9.16. The van der Waals surface area contributed by atoms with Gasteiger partial charge in [0.05, 0.1) is 0 Å². The lowest BCUT2D eigenvalue weighted by Gasteiger charge is -2.37. The molecule has 3 N–H and O–H groups in total.